The third-order valence-corrected chi connectivity index (χ3v) is 3.64. The van der Waals surface area contributed by atoms with Crippen LogP contribution in [-0.4, -0.2) is 34.9 Å². The fraction of sp³-hybridized carbons (Fsp3) is 0.267. The second-order valence-corrected chi connectivity index (χ2v) is 5.32. The Labute approximate surface area is 134 Å². The number of hydrogen-bond donors (Lipinski definition) is 0. The molecule has 126 valence electrons. The molecule has 3 rings (SSSR count). The number of alkyl halides is 3. The van der Waals surface area contributed by atoms with E-state index in [1.807, 2.05) is 6.92 Å². The minimum Gasteiger partial charge on any atom is -0.406 e. The second-order valence-electron chi connectivity index (χ2n) is 5.32. The SMILES string of the molecule is CC1CN(c2ccc(OC(F)(F)F)cc2)C(=O)c2c(C=O)cnn21. The summed E-state index contributed by atoms with van der Waals surface area (Å²) in [5, 5.41) is 4.03. The zero-order valence-corrected chi connectivity index (χ0v) is 12.4. The minimum atomic E-state index is -4.78. The zero-order chi connectivity index (χ0) is 17.5. The van der Waals surface area contributed by atoms with Crippen molar-refractivity contribution in [2.75, 3.05) is 11.4 Å². The van der Waals surface area contributed by atoms with Crippen molar-refractivity contribution < 1.29 is 27.5 Å². The predicted molar refractivity (Wildman–Crippen MR) is 77.1 cm³/mol. The highest BCUT2D eigenvalue weighted by Crippen LogP contribution is 2.30. The molecule has 0 aliphatic carbocycles. The number of rotatable bonds is 3. The molecular weight excluding hydrogens is 327 g/mol. The van der Waals surface area contributed by atoms with Crippen LogP contribution in [0.5, 0.6) is 5.75 Å². The maximum atomic E-state index is 12.6. The molecule has 0 bridgehead atoms. The third-order valence-electron chi connectivity index (χ3n) is 3.64. The molecule has 0 saturated heterocycles. The summed E-state index contributed by atoms with van der Waals surface area (Å²) in [4.78, 5) is 25.1. The van der Waals surface area contributed by atoms with E-state index in [0.29, 0.717) is 12.0 Å². The molecule has 1 amide bonds. The van der Waals surface area contributed by atoms with Gasteiger partial charge in [0.05, 0.1) is 17.8 Å². The first-order valence-corrected chi connectivity index (χ1v) is 7.00. The Kier molecular flexibility index (Phi) is 3.78. The topological polar surface area (TPSA) is 64.4 Å². The van der Waals surface area contributed by atoms with E-state index in [4.69, 9.17) is 0 Å². The highest BCUT2D eigenvalue weighted by Gasteiger charge is 2.34. The molecule has 24 heavy (non-hydrogen) atoms. The largest absolute Gasteiger partial charge is 0.573 e. The number of nitrogens with zero attached hydrogens (tertiary/aromatic N) is 3. The number of hydrogen-bond acceptors (Lipinski definition) is 4. The van der Waals surface area contributed by atoms with E-state index in [9.17, 15) is 22.8 Å². The van der Waals surface area contributed by atoms with Gasteiger partial charge in [-0.25, -0.2) is 0 Å². The maximum absolute atomic E-state index is 12.6. The lowest BCUT2D eigenvalue weighted by Crippen LogP contribution is -2.43. The number of aldehydes is 1. The first kappa shape index (κ1) is 16.0. The van der Waals surface area contributed by atoms with Crippen molar-refractivity contribution in [2.24, 2.45) is 0 Å². The van der Waals surface area contributed by atoms with Crippen molar-refractivity contribution >= 4 is 17.9 Å². The Bertz CT molecular complexity index is 783. The molecule has 0 radical (unpaired) electrons. The van der Waals surface area contributed by atoms with Gasteiger partial charge in [0.25, 0.3) is 5.91 Å². The summed E-state index contributed by atoms with van der Waals surface area (Å²) in [5.41, 5.74) is 0.749. The van der Waals surface area contributed by atoms with Crippen molar-refractivity contribution in [3.8, 4) is 5.75 Å². The number of amides is 1. The Morgan fingerprint density at radius 3 is 2.54 bits per heavy atom. The number of halogens is 3. The van der Waals surface area contributed by atoms with Crippen LogP contribution in [0.25, 0.3) is 0 Å². The number of aromatic nitrogens is 2. The summed E-state index contributed by atoms with van der Waals surface area (Å²) in [7, 11) is 0. The van der Waals surface area contributed by atoms with Gasteiger partial charge in [-0.05, 0) is 31.2 Å². The molecule has 1 aliphatic heterocycles. The van der Waals surface area contributed by atoms with Crippen molar-refractivity contribution in [3.05, 3.63) is 41.7 Å². The Hall–Kier alpha value is -2.84. The first-order valence-electron chi connectivity index (χ1n) is 7.00. The van der Waals surface area contributed by atoms with Crippen molar-refractivity contribution in [1.29, 1.82) is 0 Å². The minimum absolute atomic E-state index is 0.166. The van der Waals surface area contributed by atoms with Crippen LogP contribution in [0.1, 0.15) is 33.8 Å². The van der Waals surface area contributed by atoms with E-state index in [2.05, 4.69) is 9.84 Å². The van der Waals surface area contributed by atoms with Crippen molar-refractivity contribution in [2.45, 2.75) is 19.3 Å². The van der Waals surface area contributed by atoms with Gasteiger partial charge in [0.1, 0.15) is 11.4 Å². The molecule has 0 N–H and O–H groups in total. The van der Waals surface area contributed by atoms with Gasteiger partial charge in [0, 0.05) is 12.2 Å². The fourth-order valence-corrected chi connectivity index (χ4v) is 2.62. The van der Waals surface area contributed by atoms with Crippen molar-refractivity contribution in [1.82, 2.24) is 9.78 Å². The molecule has 2 heterocycles. The van der Waals surface area contributed by atoms with Gasteiger partial charge in [-0.1, -0.05) is 0 Å². The molecule has 1 aliphatic rings. The highest BCUT2D eigenvalue weighted by atomic mass is 19.4. The molecule has 0 fully saturated rings. The fourth-order valence-electron chi connectivity index (χ4n) is 2.62. The highest BCUT2D eigenvalue weighted by molar-refractivity contribution is 6.09. The molecule has 0 spiro atoms. The van der Waals surface area contributed by atoms with Gasteiger partial charge in [0.2, 0.25) is 0 Å². The van der Waals surface area contributed by atoms with Crippen LogP contribution in [-0.2, 0) is 0 Å². The van der Waals surface area contributed by atoms with Crippen LogP contribution in [0, 0.1) is 0 Å². The van der Waals surface area contributed by atoms with Gasteiger partial charge >= 0.3 is 6.36 Å². The van der Waals surface area contributed by atoms with E-state index in [0.717, 1.165) is 12.1 Å². The van der Waals surface area contributed by atoms with Gasteiger partial charge in [-0.2, -0.15) is 5.10 Å². The van der Waals surface area contributed by atoms with Gasteiger partial charge in [0.15, 0.2) is 6.29 Å². The summed E-state index contributed by atoms with van der Waals surface area (Å²) in [6.07, 6.45) is -2.91. The van der Waals surface area contributed by atoms with E-state index in [1.165, 1.54) is 27.9 Å². The van der Waals surface area contributed by atoms with Crippen LogP contribution in [0.3, 0.4) is 0 Å². The van der Waals surface area contributed by atoms with E-state index in [-0.39, 0.29) is 29.6 Å². The lowest BCUT2D eigenvalue weighted by molar-refractivity contribution is -0.274. The summed E-state index contributed by atoms with van der Waals surface area (Å²) < 4.78 is 41.9. The van der Waals surface area contributed by atoms with Crippen LogP contribution >= 0.6 is 0 Å². The number of benzene rings is 1. The quantitative estimate of drug-likeness (QED) is 0.807. The lowest BCUT2D eigenvalue weighted by atomic mass is 10.1. The van der Waals surface area contributed by atoms with Crippen LogP contribution < -0.4 is 9.64 Å². The van der Waals surface area contributed by atoms with Gasteiger partial charge in [-0.15, -0.1) is 13.2 Å². The molecule has 1 unspecified atom stereocenters. The predicted octanol–water partition coefficient (Wildman–Crippen LogP) is 2.82. The van der Waals surface area contributed by atoms with Crippen LogP contribution in [0.2, 0.25) is 0 Å². The zero-order valence-electron chi connectivity index (χ0n) is 12.4. The van der Waals surface area contributed by atoms with E-state index in [1.54, 1.807) is 0 Å². The Morgan fingerprint density at radius 1 is 1.29 bits per heavy atom. The Morgan fingerprint density at radius 2 is 1.96 bits per heavy atom. The molecule has 9 heteroatoms. The average molecular weight is 339 g/mol. The summed E-state index contributed by atoms with van der Waals surface area (Å²) >= 11 is 0. The summed E-state index contributed by atoms with van der Waals surface area (Å²) in [5.74, 6) is -0.806. The van der Waals surface area contributed by atoms with E-state index < -0.39 is 12.3 Å². The molecule has 1 atom stereocenters. The molecule has 2 aromatic rings. The van der Waals surface area contributed by atoms with Crippen molar-refractivity contribution in [3.63, 3.8) is 0 Å². The van der Waals surface area contributed by atoms with Crippen LogP contribution in [0.4, 0.5) is 18.9 Å². The number of carbonyl (C=O) groups excluding carboxylic acids is 2. The maximum Gasteiger partial charge on any atom is 0.573 e. The van der Waals surface area contributed by atoms with Gasteiger partial charge in [-0.3, -0.25) is 14.3 Å². The number of fused-ring (bicyclic) bond motifs is 1. The molecular formula is C15H12F3N3O3. The van der Waals surface area contributed by atoms with Crippen LogP contribution in [0.15, 0.2) is 30.5 Å². The second kappa shape index (κ2) is 5.66. The van der Waals surface area contributed by atoms with E-state index >= 15 is 0 Å². The first-order chi connectivity index (χ1) is 11.3. The summed E-state index contributed by atoms with van der Waals surface area (Å²) in [6.45, 7) is 2.11. The lowest BCUT2D eigenvalue weighted by Gasteiger charge is -2.32. The standard InChI is InChI=1S/C15H12F3N3O3/c1-9-7-20(14(23)13-10(8-22)6-19-21(9)13)11-2-4-12(5-3-11)24-15(16,17)18/h2-6,8-9H,7H2,1H3. The monoisotopic (exact) mass is 339 g/mol. The molecule has 6 nitrogen and oxygen atoms in total. The Balaban J connectivity index is 1.90. The number of carbonyl (C=O) groups is 2. The normalized spacial score (nSPS) is 17.6. The number of anilines is 1. The molecule has 0 saturated carbocycles. The smallest absolute Gasteiger partial charge is 0.406 e. The molecule has 1 aromatic heterocycles. The third kappa shape index (κ3) is 2.84. The summed E-state index contributed by atoms with van der Waals surface area (Å²) in [6, 6.07) is 4.80. The van der Waals surface area contributed by atoms with Gasteiger partial charge < -0.3 is 9.64 Å². The average Bonchev–Trinajstić information content (AvgIpc) is 2.95. The molecule has 1 aromatic carbocycles. The number of ether oxygens (including phenoxy) is 1.